The maximum Gasteiger partial charge on any atom is 0.0540 e. The topological polar surface area (TPSA) is 20.2 Å². The van der Waals surface area contributed by atoms with Gasteiger partial charge in [-0.1, -0.05) is 52.8 Å². The molecule has 1 aromatic rings. The Morgan fingerprint density at radius 1 is 1.06 bits per heavy atom. The highest BCUT2D eigenvalue weighted by Gasteiger charge is 2.32. The van der Waals surface area contributed by atoms with Crippen LogP contribution in [0.15, 0.2) is 30.3 Å². The summed E-state index contributed by atoms with van der Waals surface area (Å²) in [6.07, 6.45) is 4.32. The summed E-state index contributed by atoms with van der Waals surface area (Å²) in [7, 11) is 0.873. The number of hydrogen-bond acceptors (Lipinski definition) is 1. The van der Waals surface area contributed by atoms with E-state index in [0.717, 1.165) is 27.3 Å². The predicted octanol–water partition coefficient (Wildman–Crippen LogP) is 3.32. The first-order valence-electron chi connectivity index (χ1n) is 6.59. The van der Waals surface area contributed by atoms with Gasteiger partial charge in [-0.2, -0.15) is 0 Å². The molecular weight excluding hydrogens is 227 g/mol. The summed E-state index contributed by atoms with van der Waals surface area (Å²) in [5.41, 5.74) is 0. The van der Waals surface area contributed by atoms with Gasteiger partial charge in [0.05, 0.1) is 6.10 Å². The molecule has 0 aliphatic heterocycles. The lowest BCUT2D eigenvalue weighted by atomic mass is 9.80. The third kappa shape index (κ3) is 3.53. The van der Waals surface area contributed by atoms with Crippen molar-refractivity contribution >= 4 is 13.9 Å². The molecule has 0 aromatic heterocycles. The smallest absolute Gasteiger partial charge is 0.0540 e. The lowest BCUT2D eigenvalue weighted by molar-refractivity contribution is 0.101. The maximum absolute atomic E-state index is 9.58. The molecule has 1 atom stereocenters. The Morgan fingerprint density at radius 3 is 2.24 bits per heavy atom. The minimum atomic E-state index is -0.0397. The Hall–Kier alpha value is -0.390. The van der Waals surface area contributed by atoms with Crippen LogP contribution in [0, 0.1) is 5.92 Å². The summed E-state index contributed by atoms with van der Waals surface area (Å²) < 4.78 is 0. The predicted molar refractivity (Wildman–Crippen MR) is 76.4 cm³/mol. The SMILES string of the molecule is CC(C)(Pc1ccccc1)[C@H]1CC[C@@H](O)CC1. The van der Waals surface area contributed by atoms with Gasteiger partial charge in [-0.05, 0) is 42.1 Å². The van der Waals surface area contributed by atoms with Crippen molar-refractivity contribution in [3.05, 3.63) is 30.3 Å². The third-order valence-electron chi connectivity index (χ3n) is 3.96. The highest BCUT2D eigenvalue weighted by atomic mass is 31.1. The van der Waals surface area contributed by atoms with Crippen molar-refractivity contribution in [2.24, 2.45) is 5.92 Å². The number of benzene rings is 1. The summed E-state index contributed by atoms with van der Waals surface area (Å²) >= 11 is 0. The van der Waals surface area contributed by atoms with Crippen LogP contribution < -0.4 is 5.30 Å². The Morgan fingerprint density at radius 2 is 1.65 bits per heavy atom. The number of rotatable bonds is 3. The van der Waals surface area contributed by atoms with Crippen molar-refractivity contribution in [1.29, 1.82) is 0 Å². The van der Waals surface area contributed by atoms with Gasteiger partial charge in [0.25, 0.3) is 0 Å². The van der Waals surface area contributed by atoms with E-state index in [2.05, 4.69) is 44.2 Å². The van der Waals surface area contributed by atoms with Crippen molar-refractivity contribution in [1.82, 2.24) is 0 Å². The molecule has 1 fully saturated rings. The molecule has 0 saturated heterocycles. The molecule has 0 radical (unpaired) electrons. The van der Waals surface area contributed by atoms with Crippen LogP contribution in [0.2, 0.25) is 0 Å². The summed E-state index contributed by atoms with van der Waals surface area (Å²) in [4.78, 5) is 0. The molecule has 0 amide bonds. The van der Waals surface area contributed by atoms with Gasteiger partial charge in [0.15, 0.2) is 0 Å². The van der Waals surface area contributed by atoms with E-state index in [0.29, 0.717) is 5.16 Å². The minimum absolute atomic E-state index is 0.0397. The van der Waals surface area contributed by atoms with Crippen molar-refractivity contribution in [3.63, 3.8) is 0 Å². The van der Waals surface area contributed by atoms with Crippen molar-refractivity contribution in [2.75, 3.05) is 0 Å². The molecule has 0 heterocycles. The third-order valence-corrected chi connectivity index (χ3v) is 5.63. The molecule has 2 rings (SSSR count). The molecule has 1 aromatic carbocycles. The van der Waals surface area contributed by atoms with E-state index < -0.39 is 0 Å². The van der Waals surface area contributed by atoms with E-state index in [1.54, 1.807) is 0 Å². The first kappa shape index (κ1) is 13.1. The van der Waals surface area contributed by atoms with E-state index in [1.165, 1.54) is 18.1 Å². The fraction of sp³-hybridized carbons (Fsp3) is 0.600. The molecule has 17 heavy (non-hydrogen) atoms. The number of aliphatic hydroxyl groups is 1. The molecule has 1 nitrogen and oxygen atoms in total. The highest BCUT2D eigenvalue weighted by Crippen LogP contribution is 2.44. The second-order valence-electron chi connectivity index (χ2n) is 5.72. The number of hydrogen-bond donors (Lipinski definition) is 1. The van der Waals surface area contributed by atoms with Crippen LogP contribution in [-0.2, 0) is 0 Å². The molecule has 1 aliphatic rings. The number of aliphatic hydroxyl groups excluding tert-OH is 1. The molecule has 2 heteroatoms. The second kappa shape index (κ2) is 5.50. The van der Waals surface area contributed by atoms with Gasteiger partial charge in [-0.15, -0.1) is 0 Å². The van der Waals surface area contributed by atoms with E-state index in [-0.39, 0.29) is 6.10 Å². The van der Waals surface area contributed by atoms with Crippen molar-refractivity contribution in [3.8, 4) is 0 Å². The van der Waals surface area contributed by atoms with Crippen LogP contribution in [0.3, 0.4) is 0 Å². The van der Waals surface area contributed by atoms with Crippen molar-refractivity contribution in [2.45, 2.75) is 50.8 Å². The second-order valence-corrected chi connectivity index (χ2v) is 7.83. The van der Waals surface area contributed by atoms with Gasteiger partial charge in [0.1, 0.15) is 0 Å². The van der Waals surface area contributed by atoms with Crippen LogP contribution in [0.25, 0.3) is 0 Å². The molecule has 1 saturated carbocycles. The largest absolute Gasteiger partial charge is 0.393 e. The van der Waals surface area contributed by atoms with Gasteiger partial charge in [0, 0.05) is 0 Å². The average molecular weight is 250 g/mol. The molecule has 1 unspecified atom stereocenters. The minimum Gasteiger partial charge on any atom is -0.393 e. The molecular formula is C15H23OP. The van der Waals surface area contributed by atoms with Crippen LogP contribution in [0.4, 0.5) is 0 Å². The normalized spacial score (nSPS) is 26.5. The monoisotopic (exact) mass is 250 g/mol. The quantitative estimate of drug-likeness (QED) is 0.816. The zero-order chi connectivity index (χ0) is 12.3. The van der Waals surface area contributed by atoms with Gasteiger partial charge in [-0.25, -0.2) is 0 Å². The van der Waals surface area contributed by atoms with Crippen LogP contribution in [0.5, 0.6) is 0 Å². The highest BCUT2D eigenvalue weighted by molar-refractivity contribution is 7.48. The van der Waals surface area contributed by atoms with Crippen LogP contribution in [-0.4, -0.2) is 16.4 Å². The Labute approximate surface area is 106 Å². The van der Waals surface area contributed by atoms with Gasteiger partial charge < -0.3 is 5.11 Å². The zero-order valence-electron chi connectivity index (χ0n) is 10.8. The Balaban J connectivity index is 1.98. The lowest BCUT2D eigenvalue weighted by Gasteiger charge is -2.38. The standard InChI is InChI=1S/C15H23OP/c1-15(2,12-8-10-13(16)11-9-12)17-14-6-4-3-5-7-14/h3-7,12-13,16-17H,8-11H2,1-2H3/t12-,13+. The summed E-state index contributed by atoms with van der Waals surface area (Å²) in [5, 5.41) is 11.4. The lowest BCUT2D eigenvalue weighted by Crippen LogP contribution is -2.33. The first-order chi connectivity index (χ1) is 8.08. The van der Waals surface area contributed by atoms with Gasteiger partial charge in [0.2, 0.25) is 0 Å². The van der Waals surface area contributed by atoms with Gasteiger partial charge >= 0.3 is 0 Å². The molecule has 0 spiro atoms. The Bertz CT molecular complexity index is 339. The van der Waals surface area contributed by atoms with Crippen LogP contribution >= 0.6 is 8.58 Å². The van der Waals surface area contributed by atoms with E-state index in [4.69, 9.17) is 0 Å². The molecule has 0 bridgehead atoms. The molecule has 1 N–H and O–H groups in total. The maximum atomic E-state index is 9.58. The first-order valence-corrected chi connectivity index (χ1v) is 7.59. The van der Waals surface area contributed by atoms with E-state index in [1.807, 2.05) is 0 Å². The fourth-order valence-corrected chi connectivity index (χ4v) is 4.39. The molecule has 1 aliphatic carbocycles. The zero-order valence-corrected chi connectivity index (χ0v) is 11.8. The van der Waals surface area contributed by atoms with E-state index in [9.17, 15) is 5.11 Å². The van der Waals surface area contributed by atoms with Crippen LogP contribution in [0.1, 0.15) is 39.5 Å². The average Bonchev–Trinajstić information content (AvgIpc) is 2.30. The Kier molecular flexibility index (Phi) is 4.22. The summed E-state index contributed by atoms with van der Waals surface area (Å²) in [5.74, 6) is 0.768. The summed E-state index contributed by atoms with van der Waals surface area (Å²) in [6, 6.07) is 10.8. The van der Waals surface area contributed by atoms with E-state index >= 15 is 0 Å². The fourth-order valence-electron chi connectivity index (χ4n) is 2.79. The van der Waals surface area contributed by atoms with Crippen molar-refractivity contribution < 1.29 is 5.11 Å². The summed E-state index contributed by atoms with van der Waals surface area (Å²) in [6.45, 7) is 4.78. The molecule has 94 valence electrons. The van der Waals surface area contributed by atoms with Gasteiger partial charge in [-0.3, -0.25) is 0 Å².